The topological polar surface area (TPSA) is 0 Å². The summed E-state index contributed by atoms with van der Waals surface area (Å²) in [5.41, 5.74) is 0. The molecule has 0 aromatic heterocycles. The second-order valence-corrected chi connectivity index (χ2v) is 2.86. The van der Waals surface area contributed by atoms with Gasteiger partial charge in [-0.05, 0) is 0 Å². The van der Waals surface area contributed by atoms with Gasteiger partial charge in [0.1, 0.15) is 0 Å². The van der Waals surface area contributed by atoms with Crippen LogP contribution >= 0.6 is 0 Å². The number of hydrogen-bond donors (Lipinski definition) is 0. The van der Waals surface area contributed by atoms with Gasteiger partial charge in [-0.2, -0.15) is 5.92 Å². The van der Waals surface area contributed by atoms with Crippen LogP contribution in [-0.2, 0) is 0 Å². The van der Waals surface area contributed by atoms with Gasteiger partial charge in [0.05, 0.1) is 0 Å². The van der Waals surface area contributed by atoms with Crippen molar-refractivity contribution in [1.82, 2.24) is 0 Å². The van der Waals surface area contributed by atoms with E-state index in [2.05, 4.69) is 6.92 Å². The Kier molecular flexibility index (Phi) is 2.38. The molecule has 0 unspecified atom stereocenters. The molecule has 1 aliphatic rings. The van der Waals surface area contributed by atoms with Crippen LogP contribution in [0.25, 0.3) is 0 Å². The minimum absolute atomic E-state index is 0.775. The third-order valence-corrected chi connectivity index (χ3v) is 1.97. The van der Waals surface area contributed by atoms with Gasteiger partial charge in [0, 0.05) is 0 Å². The molecule has 0 heteroatoms. The molecule has 1 fully saturated rings. The van der Waals surface area contributed by atoms with Crippen LogP contribution in [0.3, 0.4) is 0 Å². The molecule has 0 aromatic carbocycles. The molecule has 0 radical (unpaired) electrons. The Labute approximate surface area is 52.3 Å². The van der Waals surface area contributed by atoms with Gasteiger partial charge in [-0.15, -0.1) is 0 Å². The molecule has 1 aliphatic carbocycles. The average Bonchev–Trinajstić information content (AvgIpc) is 1.94. The lowest BCUT2D eigenvalue weighted by atomic mass is 10.0. The summed E-state index contributed by atoms with van der Waals surface area (Å²) in [5, 5.41) is 0. The first-order valence-corrected chi connectivity index (χ1v) is 3.72. The van der Waals surface area contributed by atoms with E-state index in [1.165, 1.54) is 38.5 Å². The van der Waals surface area contributed by atoms with Crippen molar-refractivity contribution in [1.29, 1.82) is 0 Å². The molecule has 1 rings (SSSR count). The maximum Gasteiger partial charge on any atom is -0.0534 e. The third kappa shape index (κ3) is 1.85. The maximum atomic E-state index is 4.06. The van der Waals surface area contributed by atoms with Crippen molar-refractivity contribution in [3.05, 3.63) is 6.92 Å². The molecular weight excluding hydrogens is 96.1 g/mol. The third-order valence-electron chi connectivity index (χ3n) is 1.97. The Morgan fingerprint density at radius 1 is 0.875 bits per heavy atom. The fourth-order valence-corrected chi connectivity index (χ4v) is 1.36. The first-order valence-electron chi connectivity index (χ1n) is 3.72. The summed E-state index contributed by atoms with van der Waals surface area (Å²) in [7, 11) is 0. The lowest BCUT2D eigenvalue weighted by Gasteiger charge is -2.11. The average molecular weight is 111 g/mol. The first-order chi connectivity index (χ1) is 3.89. The zero-order valence-electron chi connectivity index (χ0n) is 5.53. The predicted molar refractivity (Wildman–Crippen MR) is 36.5 cm³/mol. The lowest BCUT2D eigenvalue weighted by molar-refractivity contribution is 0.555. The van der Waals surface area contributed by atoms with E-state index in [-0.39, 0.29) is 0 Å². The highest BCUT2D eigenvalue weighted by Crippen LogP contribution is 2.21. The number of hydrogen-bond acceptors (Lipinski definition) is 0. The van der Waals surface area contributed by atoms with Crippen molar-refractivity contribution in [3.8, 4) is 0 Å². The summed E-state index contributed by atoms with van der Waals surface area (Å²) in [6.45, 7) is 4.06. The summed E-state index contributed by atoms with van der Waals surface area (Å²) < 4.78 is 0. The van der Waals surface area contributed by atoms with Crippen LogP contribution in [0.15, 0.2) is 0 Å². The minimum Gasteiger partial charge on any atom is -0.340 e. The fourth-order valence-electron chi connectivity index (χ4n) is 1.36. The van der Waals surface area contributed by atoms with Crippen molar-refractivity contribution < 1.29 is 0 Å². The van der Waals surface area contributed by atoms with E-state index in [1.807, 2.05) is 0 Å². The molecule has 0 saturated heterocycles. The maximum absolute atomic E-state index is 4.06. The zero-order valence-corrected chi connectivity index (χ0v) is 5.53. The van der Waals surface area contributed by atoms with E-state index >= 15 is 0 Å². The van der Waals surface area contributed by atoms with E-state index in [1.54, 1.807) is 0 Å². The van der Waals surface area contributed by atoms with Crippen LogP contribution in [-0.4, -0.2) is 0 Å². The SMILES string of the molecule is [CH2-]C1CCCCCC1. The van der Waals surface area contributed by atoms with Crippen LogP contribution in [0.4, 0.5) is 0 Å². The molecule has 1 saturated carbocycles. The lowest BCUT2D eigenvalue weighted by Crippen LogP contribution is -1.89. The van der Waals surface area contributed by atoms with Gasteiger partial charge in [-0.25, -0.2) is 0 Å². The Morgan fingerprint density at radius 2 is 1.38 bits per heavy atom. The molecule has 48 valence electrons. The van der Waals surface area contributed by atoms with Crippen LogP contribution in [0.2, 0.25) is 0 Å². The summed E-state index contributed by atoms with van der Waals surface area (Å²) in [5.74, 6) is 0.775. The minimum atomic E-state index is 0.775. The molecule has 0 spiro atoms. The summed E-state index contributed by atoms with van der Waals surface area (Å²) >= 11 is 0. The quantitative estimate of drug-likeness (QED) is 0.333. The molecule has 8 heavy (non-hydrogen) atoms. The smallest absolute Gasteiger partial charge is 0.0534 e. The highest BCUT2D eigenvalue weighted by Gasteiger charge is 2.00. The Bertz CT molecular complexity index is 49.1. The highest BCUT2D eigenvalue weighted by molar-refractivity contribution is 4.64. The van der Waals surface area contributed by atoms with Gasteiger partial charge < -0.3 is 6.92 Å². The Balaban J connectivity index is 2.17. The van der Waals surface area contributed by atoms with Gasteiger partial charge in [-0.3, -0.25) is 0 Å². The number of rotatable bonds is 0. The largest absolute Gasteiger partial charge is 0.340 e. The van der Waals surface area contributed by atoms with Gasteiger partial charge in [-0.1, -0.05) is 38.5 Å². The molecule has 0 aliphatic heterocycles. The summed E-state index contributed by atoms with van der Waals surface area (Å²) in [4.78, 5) is 0. The molecule has 0 amide bonds. The molecule has 0 atom stereocenters. The van der Waals surface area contributed by atoms with Crippen molar-refractivity contribution in [2.24, 2.45) is 5.92 Å². The molecule has 0 N–H and O–H groups in total. The molecule has 0 heterocycles. The summed E-state index contributed by atoms with van der Waals surface area (Å²) in [6, 6.07) is 0. The van der Waals surface area contributed by atoms with Crippen molar-refractivity contribution in [2.75, 3.05) is 0 Å². The zero-order chi connectivity index (χ0) is 5.82. The van der Waals surface area contributed by atoms with E-state index in [4.69, 9.17) is 0 Å². The first kappa shape index (κ1) is 6.12. The van der Waals surface area contributed by atoms with Crippen LogP contribution < -0.4 is 0 Å². The van der Waals surface area contributed by atoms with Crippen molar-refractivity contribution in [3.63, 3.8) is 0 Å². The van der Waals surface area contributed by atoms with E-state index in [9.17, 15) is 0 Å². The molecular formula is C8H15-. The fraction of sp³-hybridized carbons (Fsp3) is 0.875. The van der Waals surface area contributed by atoms with Crippen molar-refractivity contribution in [2.45, 2.75) is 38.5 Å². The van der Waals surface area contributed by atoms with Crippen LogP contribution in [0, 0.1) is 12.8 Å². The van der Waals surface area contributed by atoms with E-state index in [0.29, 0.717) is 0 Å². The van der Waals surface area contributed by atoms with Gasteiger partial charge >= 0.3 is 0 Å². The predicted octanol–water partition coefficient (Wildman–Crippen LogP) is 2.79. The standard InChI is InChI=1S/C8H15/c1-8-6-4-2-3-5-7-8/h8H,1-7H2/q-1. The Morgan fingerprint density at radius 3 is 1.88 bits per heavy atom. The molecule has 0 nitrogen and oxygen atoms in total. The summed E-state index contributed by atoms with van der Waals surface area (Å²) in [6.07, 6.45) is 8.50. The van der Waals surface area contributed by atoms with E-state index in [0.717, 1.165) is 5.92 Å². The second kappa shape index (κ2) is 3.11. The van der Waals surface area contributed by atoms with Crippen molar-refractivity contribution >= 4 is 0 Å². The normalized spacial score (nSPS) is 25.1. The van der Waals surface area contributed by atoms with Gasteiger partial charge in [0.15, 0.2) is 0 Å². The molecule has 0 bridgehead atoms. The second-order valence-electron chi connectivity index (χ2n) is 2.86. The van der Waals surface area contributed by atoms with Crippen LogP contribution in [0.1, 0.15) is 38.5 Å². The molecule has 0 aromatic rings. The van der Waals surface area contributed by atoms with Gasteiger partial charge in [0.2, 0.25) is 0 Å². The van der Waals surface area contributed by atoms with Gasteiger partial charge in [0.25, 0.3) is 0 Å². The van der Waals surface area contributed by atoms with E-state index < -0.39 is 0 Å². The highest BCUT2D eigenvalue weighted by atomic mass is 14.1. The van der Waals surface area contributed by atoms with Crippen LogP contribution in [0.5, 0.6) is 0 Å². The Hall–Kier alpha value is 0. The monoisotopic (exact) mass is 111 g/mol.